The Morgan fingerprint density at radius 1 is 1.17 bits per heavy atom. The minimum absolute atomic E-state index is 0.0890. The molecule has 1 N–H and O–H groups in total. The predicted molar refractivity (Wildman–Crippen MR) is 117 cm³/mol. The maximum Gasteiger partial charge on any atom is 0.283 e. The molecular weight excluding hydrogens is 402 g/mol. The van der Waals surface area contributed by atoms with Crippen LogP contribution in [0.4, 0.5) is 5.69 Å². The molecule has 0 bridgehead atoms. The molecule has 7 nitrogen and oxygen atoms in total. The quantitative estimate of drug-likeness (QED) is 0.629. The van der Waals surface area contributed by atoms with Crippen LogP contribution in [-0.2, 0) is 14.8 Å². The summed E-state index contributed by atoms with van der Waals surface area (Å²) in [6.45, 7) is 0.806. The normalized spacial score (nSPS) is 16.0. The van der Waals surface area contributed by atoms with Gasteiger partial charge in [-0.15, -0.1) is 4.40 Å². The smallest absolute Gasteiger partial charge is 0.283 e. The van der Waals surface area contributed by atoms with Crippen LogP contribution in [0.15, 0.2) is 74.4 Å². The lowest BCUT2D eigenvalue weighted by atomic mass is 10.2. The van der Waals surface area contributed by atoms with E-state index in [0.29, 0.717) is 23.7 Å². The van der Waals surface area contributed by atoms with Crippen LogP contribution in [0.1, 0.15) is 18.6 Å². The van der Waals surface area contributed by atoms with Crippen LogP contribution in [0.25, 0.3) is 17.0 Å². The number of hydrogen-bond acceptors (Lipinski definition) is 4. The van der Waals surface area contributed by atoms with Gasteiger partial charge in [-0.25, -0.2) is 0 Å². The van der Waals surface area contributed by atoms with Crippen molar-refractivity contribution >= 4 is 44.5 Å². The van der Waals surface area contributed by atoms with E-state index >= 15 is 0 Å². The van der Waals surface area contributed by atoms with Gasteiger partial charge in [0.05, 0.1) is 4.90 Å². The number of benzene rings is 2. The van der Waals surface area contributed by atoms with Gasteiger partial charge in [-0.3, -0.25) is 4.79 Å². The van der Waals surface area contributed by atoms with Crippen molar-refractivity contribution in [2.75, 3.05) is 18.9 Å². The molecule has 1 saturated heterocycles. The second-order valence-electron chi connectivity index (χ2n) is 7.04. The lowest BCUT2D eigenvalue weighted by Crippen LogP contribution is -2.20. The Labute approximate surface area is 174 Å². The third-order valence-corrected chi connectivity index (χ3v) is 6.14. The molecule has 2 heterocycles. The summed E-state index contributed by atoms with van der Waals surface area (Å²) in [5, 5.41) is 3.66. The number of fused-ring (bicyclic) bond motifs is 1. The lowest BCUT2D eigenvalue weighted by molar-refractivity contribution is -0.111. The van der Waals surface area contributed by atoms with Crippen LogP contribution >= 0.6 is 0 Å². The van der Waals surface area contributed by atoms with E-state index in [2.05, 4.69) is 9.71 Å². The van der Waals surface area contributed by atoms with Gasteiger partial charge in [-0.1, -0.05) is 18.2 Å². The molecule has 3 aromatic rings. The molecular formula is C22H21N3O4S. The highest BCUT2D eigenvalue weighted by molar-refractivity contribution is 7.90. The average molecular weight is 423 g/mol. The van der Waals surface area contributed by atoms with Gasteiger partial charge < -0.3 is 14.6 Å². The number of carbonyl (C=O) groups excluding carboxylic acids is 1. The number of para-hydroxylation sites is 1. The summed E-state index contributed by atoms with van der Waals surface area (Å²) >= 11 is 0. The van der Waals surface area contributed by atoms with Crippen LogP contribution in [0, 0.1) is 0 Å². The Hall–Kier alpha value is -3.39. The highest BCUT2D eigenvalue weighted by Gasteiger charge is 2.20. The molecule has 0 atom stereocenters. The monoisotopic (exact) mass is 423 g/mol. The van der Waals surface area contributed by atoms with Crippen molar-refractivity contribution in [3.05, 3.63) is 66.4 Å². The first-order valence-corrected chi connectivity index (χ1v) is 11.0. The zero-order valence-corrected chi connectivity index (χ0v) is 17.2. The van der Waals surface area contributed by atoms with E-state index in [-0.39, 0.29) is 10.8 Å². The number of likely N-dealkylation sites (tertiary alicyclic amines) is 1. The highest BCUT2D eigenvalue weighted by Crippen LogP contribution is 2.21. The highest BCUT2D eigenvalue weighted by atomic mass is 32.2. The molecule has 8 heteroatoms. The Balaban J connectivity index is 1.42. The number of sulfonamides is 1. The van der Waals surface area contributed by atoms with Crippen LogP contribution in [0.3, 0.4) is 0 Å². The fourth-order valence-electron chi connectivity index (χ4n) is 3.24. The molecule has 1 aromatic heterocycles. The molecule has 2 aromatic carbocycles. The van der Waals surface area contributed by atoms with E-state index in [1.165, 1.54) is 18.2 Å². The Morgan fingerprint density at radius 2 is 1.93 bits per heavy atom. The number of rotatable bonds is 5. The number of carbonyl (C=O) groups is 1. The van der Waals surface area contributed by atoms with Crippen molar-refractivity contribution in [2.45, 2.75) is 17.7 Å². The van der Waals surface area contributed by atoms with Gasteiger partial charge in [0.1, 0.15) is 17.2 Å². The van der Waals surface area contributed by atoms with Crippen molar-refractivity contribution in [3.8, 4) is 0 Å². The molecule has 0 spiro atoms. The molecule has 1 aliphatic heterocycles. The number of amidine groups is 1. The topological polar surface area (TPSA) is 92.0 Å². The fraction of sp³-hybridized carbons (Fsp3) is 0.182. The van der Waals surface area contributed by atoms with Crippen molar-refractivity contribution < 1.29 is 17.6 Å². The first-order valence-electron chi connectivity index (χ1n) is 9.53. The van der Waals surface area contributed by atoms with Crippen LogP contribution in [-0.4, -0.2) is 38.7 Å². The third-order valence-electron chi connectivity index (χ3n) is 4.82. The van der Waals surface area contributed by atoms with E-state index in [1.807, 2.05) is 42.3 Å². The second-order valence-corrected chi connectivity index (χ2v) is 8.65. The van der Waals surface area contributed by atoms with Crippen LogP contribution < -0.4 is 5.32 Å². The second kappa shape index (κ2) is 8.16. The van der Waals surface area contributed by atoms with Gasteiger partial charge in [0.15, 0.2) is 0 Å². The SMILES string of the molecule is CN1CCC/C1=N\S(=O)(=O)c1ccc(NC(=O)/C=C/c2cc3ccccc3o2)cc1. The molecule has 1 aliphatic rings. The van der Waals surface area contributed by atoms with Crippen molar-refractivity contribution in [3.63, 3.8) is 0 Å². The number of anilines is 1. The molecule has 0 unspecified atom stereocenters. The number of hydrogen-bond donors (Lipinski definition) is 1. The van der Waals surface area contributed by atoms with Crippen molar-refractivity contribution in [1.29, 1.82) is 0 Å². The lowest BCUT2D eigenvalue weighted by Gasteiger charge is -2.11. The van der Waals surface area contributed by atoms with Gasteiger partial charge in [0, 0.05) is 37.2 Å². The summed E-state index contributed by atoms with van der Waals surface area (Å²) in [4.78, 5) is 14.1. The number of amides is 1. The molecule has 4 rings (SSSR count). The number of furan rings is 1. The van der Waals surface area contributed by atoms with E-state index in [4.69, 9.17) is 4.42 Å². The van der Waals surface area contributed by atoms with Crippen LogP contribution in [0.2, 0.25) is 0 Å². The Bertz CT molecular complexity index is 1210. The van der Waals surface area contributed by atoms with E-state index in [0.717, 1.165) is 23.9 Å². The molecule has 0 radical (unpaired) electrons. The largest absolute Gasteiger partial charge is 0.457 e. The molecule has 0 saturated carbocycles. The predicted octanol–water partition coefficient (Wildman–Crippen LogP) is 3.90. The third kappa shape index (κ3) is 4.44. The summed E-state index contributed by atoms with van der Waals surface area (Å²) in [6, 6.07) is 15.4. The summed E-state index contributed by atoms with van der Waals surface area (Å²) in [7, 11) is -1.94. The van der Waals surface area contributed by atoms with Crippen LogP contribution in [0.5, 0.6) is 0 Å². The first-order chi connectivity index (χ1) is 14.4. The van der Waals surface area contributed by atoms with Crippen molar-refractivity contribution in [2.24, 2.45) is 4.40 Å². The number of nitrogens with zero attached hydrogens (tertiary/aromatic N) is 2. The van der Waals surface area contributed by atoms with Gasteiger partial charge in [0.2, 0.25) is 5.91 Å². The minimum atomic E-state index is -3.77. The maximum atomic E-state index is 12.5. The fourth-order valence-corrected chi connectivity index (χ4v) is 4.33. The Morgan fingerprint density at radius 3 is 2.63 bits per heavy atom. The zero-order chi connectivity index (χ0) is 21.1. The van der Waals surface area contributed by atoms with Gasteiger partial charge in [-0.05, 0) is 48.9 Å². The maximum absolute atomic E-state index is 12.5. The van der Waals surface area contributed by atoms with E-state index < -0.39 is 10.0 Å². The standard InChI is InChI=1S/C22H21N3O4S/c1-25-14-4-7-21(25)24-30(27,28)19-11-8-17(9-12-19)23-22(26)13-10-18-15-16-5-2-3-6-20(16)29-18/h2-3,5-6,8-13,15H,4,7,14H2,1H3,(H,23,26)/b13-10+,24-21+. The molecule has 30 heavy (non-hydrogen) atoms. The molecule has 1 amide bonds. The van der Waals surface area contributed by atoms with Crippen molar-refractivity contribution in [1.82, 2.24) is 4.90 Å². The summed E-state index contributed by atoms with van der Waals surface area (Å²) in [5.74, 6) is 0.797. The average Bonchev–Trinajstić information content (AvgIpc) is 3.32. The number of nitrogens with one attached hydrogen (secondary N) is 1. The van der Waals surface area contributed by atoms with Gasteiger partial charge in [0.25, 0.3) is 10.0 Å². The molecule has 154 valence electrons. The van der Waals surface area contributed by atoms with E-state index in [9.17, 15) is 13.2 Å². The molecule has 1 fully saturated rings. The summed E-state index contributed by atoms with van der Waals surface area (Å²) in [5.41, 5.74) is 1.24. The molecule has 0 aliphatic carbocycles. The Kier molecular flexibility index (Phi) is 5.41. The zero-order valence-electron chi connectivity index (χ0n) is 16.4. The summed E-state index contributed by atoms with van der Waals surface area (Å²) in [6.07, 6.45) is 4.51. The first kappa shape index (κ1) is 19.9. The van der Waals surface area contributed by atoms with Gasteiger partial charge >= 0.3 is 0 Å². The van der Waals surface area contributed by atoms with Gasteiger partial charge in [-0.2, -0.15) is 8.42 Å². The summed E-state index contributed by atoms with van der Waals surface area (Å²) < 4.78 is 34.5. The minimum Gasteiger partial charge on any atom is -0.457 e. The van der Waals surface area contributed by atoms with E-state index in [1.54, 1.807) is 18.2 Å².